The first kappa shape index (κ1) is 35.5. The zero-order chi connectivity index (χ0) is 30.3. The molecule has 22 heteroatoms. The Morgan fingerprint density at radius 3 is 1.38 bits per heavy atom. The van der Waals surface area contributed by atoms with E-state index in [1.807, 2.05) is 0 Å². The molecule has 1 aliphatic rings. The van der Waals surface area contributed by atoms with Crippen LogP contribution in [0.4, 0.5) is 82.3 Å². The zero-order valence-electron chi connectivity index (χ0n) is 17.8. The molecule has 1 unspecified atom stereocenters. The third kappa shape index (κ3) is 8.74. The quantitative estimate of drug-likeness (QED) is 0.132. The Hall–Kier alpha value is -1.53. The van der Waals surface area contributed by atoms with Crippen LogP contribution in [0.2, 0.25) is 0 Å². The molecule has 0 spiro atoms. The van der Waals surface area contributed by atoms with Gasteiger partial charge in [-0.15, -0.1) is 0 Å². The molecule has 1 rings (SSSR count). The Kier molecular flexibility index (Phi) is 8.91. The minimum atomic E-state index is -10.7. The van der Waals surface area contributed by atoms with Crippen molar-refractivity contribution in [1.82, 2.24) is 0 Å². The number of hydrogen-bond donors (Lipinski definition) is 0. The van der Waals surface area contributed by atoms with E-state index in [9.17, 15) is 82.3 Å². The number of quaternary nitrogens is 1. The van der Waals surface area contributed by atoms with Gasteiger partial charge in [0.05, 0.1) is 25.7 Å². The third-order valence-corrected chi connectivity index (χ3v) is 4.51. The van der Waals surface area contributed by atoms with Crippen LogP contribution in [0.15, 0.2) is 17.4 Å². The standard InChI is InChI=1S/C15H16F13N2.F6P/c1-2-3-6-30(8-5-29-9-30)7-4-10(16,17)11(18,19)12(20,21)13(22,23)14(24,25)15(26,27)28;1-7(2,3,4,5)6/h5,8-9H,2-4,6-7H2,1H3;/q+1;-1. The molecule has 0 aromatic rings. The molecule has 0 aromatic heterocycles. The Balaban J connectivity index is 0.00000161. The molecule has 0 fully saturated rings. The number of alkyl halides is 13. The molecule has 0 bridgehead atoms. The number of unbranched alkanes of at least 4 members (excludes halogenated alkanes) is 1. The Morgan fingerprint density at radius 1 is 0.649 bits per heavy atom. The van der Waals surface area contributed by atoms with Gasteiger partial charge in [-0.2, -0.15) is 57.1 Å². The molecule has 0 aromatic carbocycles. The van der Waals surface area contributed by atoms with Gasteiger partial charge in [-0.3, -0.25) is 4.48 Å². The Bertz CT molecular complexity index is 830. The van der Waals surface area contributed by atoms with Gasteiger partial charge in [-0.1, -0.05) is 13.3 Å². The van der Waals surface area contributed by atoms with Gasteiger partial charge >= 0.3 is 68.8 Å². The van der Waals surface area contributed by atoms with Crippen molar-refractivity contribution in [1.29, 1.82) is 0 Å². The minimum absolute atomic E-state index is 0.0170. The van der Waals surface area contributed by atoms with Crippen molar-refractivity contribution in [2.45, 2.75) is 62.0 Å². The molecule has 0 saturated carbocycles. The fraction of sp³-hybridized carbons (Fsp3) is 0.800. The van der Waals surface area contributed by atoms with Gasteiger partial charge in [0.25, 0.3) is 0 Å². The van der Waals surface area contributed by atoms with Crippen molar-refractivity contribution in [3.63, 3.8) is 0 Å². The number of halogens is 19. The van der Waals surface area contributed by atoms with Crippen LogP contribution in [0.3, 0.4) is 0 Å². The summed E-state index contributed by atoms with van der Waals surface area (Å²) in [6.45, 7) is 0.566. The van der Waals surface area contributed by atoms with Crippen molar-refractivity contribution < 1.29 is 86.7 Å². The summed E-state index contributed by atoms with van der Waals surface area (Å²) in [5.41, 5.74) is 0. The molecule has 1 atom stereocenters. The summed E-state index contributed by atoms with van der Waals surface area (Å²) in [7, 11) is -10.7. The molecular formula is C15H16F19N2P. The molecule has 0 amide bonds. The SMILES string of the molecule is CCCC[N+]1(CCC(F)(F)C(F)(F)C(F)(F)C(F)(F)C(F)(F)C(F)(F)F)C=CN=C1.F[P-](F)(F)(F)(F)F. The first-order valence-electron chi connectivity index (χ1n) is 9.28. The fourth-order valence-corrected chi connectivity index (χ4v) is 2.52. The number of nitrogens with zero attached hydrogens (tertiary/aromatic N) is 2. The summed E-state index contributed by atoms with van der Waals surface area (Å²) in [5, 5.41) is 0. The molecule has 2 nitrogen and oxygen atoms in total. The Labute approximate surface area is 194 Å². The number of hydrogen-bond acceptors (Lipinski definition) is 1. The van der Waals surface area contributed by atoms with E-state index in [2.05, 4.69) is 4.99 Å². The molecular weight excluding hydrogens is 600 g/mol. The van der Waals surface area contributed by atoms with Gasteiger partial charge in [0.15, 0.2) is 6.34 Å². The number of aliphatic imine (C=N–C) groups is 1. The summed E-state index contributed by atoms with van der Waals surface area (Å²) in [4.78, 5) is 3.54. The second-order valence-corrected chi connectivity index (χ2v) is 9.59. The maximum absolute atomic E-state index is 13.9. The molecule has 224 valence electrons. The van der Waals surface area contributed by atoms with E-state index in [0.717, 1.165) is 18.7 Å². The van der Waals surface area contributed by atoms with Crippen LogP contribution in [-0.4, -0.2) is 59.7 Å². The molecule has 0 aliphatic carbocycles. The average molecular weight is 616 g/mol. The fourth-order valence-electron chi connectivity index (χ4n) is 2.52. The van der Waals surface area contributed by atoms with E-state index < -0.39 is 61.0 Å². The van der Waals surface area contributed by atoms with Crippen LogP contribution in [-0.2, 0) is 0 Å². The summed E-state index contributed by atoms with van der Waals surface area (Å²) in [5.74, 6) is -36.6. The van der Waals surface area contributed by atoms with Crippen LogP contribution < -0.4 is 0 Å². The van der Waals surface area contributed by atoms with Crippen LogP contribution in [0.1, 0.15) is 26.2 Å². The third-order valence-electron chi connectivity index (χ3n) is 4.51. The van der Waals surface area contributed by atoms with Crippen molar-refractivity contribution in [3.05, 3.63) is 12.4 Å². The van der Waals surface area contributed by atoms with Crippen molar-refractivity contribution in [2.24, 2.45) is 4.99 Å². The second kappa shape index (κ2) is 9.29. The van der Waals surface area contributed by atoms with Gasteiger partial charge in [0.1, 0.15) is 6.20 Å². The van der Waals surface area contributed by atoms with Gasteiger partial charge in [-0.05, 0) is 6.42 Å². The van der Waals surface area contributed by atoms with Crippen molar-refractivity contribution in [2.75, 3.05) is 13.1 Å². The summed E-state index contributed by atoms with van der Waals surface area (Å²) in [6, 6.07) is 0. The molecule has 0 saturated heterocycles. The van der Waals surface area contributed by atoms with E-state index in [1.165, 1.54) is 0 Å². The second-order valence-electron chi connectivity index (χ2n) is 7.67. The number of rotatable bonds is 10. The van der Waals surface area contributed by atoms with Gasteiger partial charge in [-0.25, -0.2) is 4.99 Å². The summed E-state index contributed by atoms with van der Waals surface area (Å²) >= 11 is 0. The molecule has 1 aliphatic heterocycles. The summed E-state index contributed by atoms with van der Waals surface area (Å²) in [6.07, 6.45) is -5.66. The van der Waals surface area contributed by atoms with Crippen LogP contribution in [0.5, 0.6) is 0 Å². The Morgan fingerprint density at radius 2 is 1.05 bits per heavy atom. The maximum atomic E-state index is 13.9. The van der Waals surface area contributed by atoms with Crippen molar-refractivity contribution in [3.8, 4) is 0 Å². The normalized spacial score (nSPS) is 21.8. The predicted molar refractivity (Wildman–Crippen MR) is 91.5 cm³/mol. The topological polar surface area (TPSA) is 12.4 Å². The van der Waals surface area contributed by atoms with E-state index >= 15 is 0 Å². The average Bonchev–Trinajstić information content (AvgIpc) is 3.10. The zero-order valence-corrected chi connectivity index (χ0v) is 18.7. The monoisotopic (exact) mass is 616 g/mol. The molecule has 0 N–H and O–H groups in total. The van der Waals surface area contributed by atoms with Gasteiger partial charge < -0.3 is 0 Å². The molecule has 37 heavy (non-hydrogen) atoms. The van der Waals surface area contributed by atoms with Gasteiger partial charge in [0.2, 0.25) is 0 Å². The molecule has 1 heterocycles. The van der Waals surface area contributed by atoms with Gasteiger partial charge in [0, 0.05) is 0 Å². The van der Waals surface area contributed by atoms with Crippen LogP contribution in [0.25, 0.3) is 0 Å². The van der Waals surface area contributed by atoms with E-state index in [4.69, 9.17) is 0 Å². The van der Waals surface area contributed by atoms with E-state index in [-0.39, 0.29) is 6.54 Å². The van der Waals surface area contributed by atoms with E-state index in [1.54, 1.807) is 6.92 Å². The first-order valence-corrected chi connectivity index (χ1v) is 11.3. The van der Waals surface area contributed by atoms with E-state index in [0.29, 0.717) is 12.8 Å². The van der Waals surface area contributed by atoms with Crippen LogP contribution >= 0.6 is 7.81 Å². The van der Waals surface area contributed by atoms with Crippen LogP contribution in [0, 0.1) is 0 Å². The predicted octanol–water partition coefficient (Wildman–Crippen LogP) is 9.63. The molecule has 0 radical (unpaired) electrons. The van der Waals surface area contributed by atoms with Crippen molar-refractivity contribution >= 4 is 14.1 Å². The first-order chi connectivity index (χ1) is 15.7. The summed E-state index contributed by atoms with van der Waals surface area (Å²) < 4.78 is 229.